The maximum atomic E-state index is 11.8. The number of benzene rings is 1. The number of carbonyl (C=O) groups excluding carboxylic acids is 1. The molecule has 0 saturated heterocycles. The van der Waals surface area contributed by atoms with Gasteiger partial charge in [-0.3, -0.25) is 4.79 Å². The minimum absolute atomic E-state index is 0.114. The zero-order valence-electron chi connectivity index (χ0n) is 10.2. The lowest BCUT2D eigenvalue weighted by atomic mass is 10.1. The Hall–Kier alpha value is -2.21. The summed E-state index contributed by atoms with van der Waals surface area (Å²) in [6.45, 7) is 2.05. The lowest BCUT2D eigenvalue weighted by molar-refractivity contribution is 0.0691. The van der Waals surface area contributed by atoms with Crippen LogP contribution in [0.1, 0.15) is 32.8 Å². The Morgan fingerprint density at radius 2 is 2.00 bits per heavy atom. The second-order valence-electron chi connectivity index (χ2n) is 3.85. The number of carboxylic acids is 1. The van der Waals surface area contributed by atoms with E-state index in [1.165, 1.54) is 10.9 Å². The molecule has 1 aromatic carbocycles. The molecule has 0 fully saturated rings. The number of carboxylic acid groups (broad SMARTS) is 1. The van der Waals surface area contributed by atoms with Gasteiger partial charge >= 0.3 is 5.97 Å². The number of anilines is 1. The molecule has 0 aliphatic carbocycles. The predicted octanol–water partition coefficient (Wildman–Crippen LogP) is 2.66. The van der Waals surface area contributed by atoms with Crippen LogP contribution in [0.5, 0.6) is 0 Å². The number of nitrogens with zero attached hydrogens (tertiary/aromatic N) is 1. The molecule has 2 rings (SSSR count). The Balaban J connectivity index is 2.08. The number of carbonyl (C=O) groups is 2. The van der Waals surface area contributed by atoms with Gasteiger partial charge in [0.1, 0.15) is 0 Å². The van der Waals surface area contributed by atoms with Gasteiger partial charge in [0.2, 0.25) is 0 Å². The molecular weight excluding hydrogens is 264 g/mol. The number of aryl methyl sites for hydroxylation is 1. The molecule has 6 heteroatoms. The number of hydrogen-bond acceptors (Lipinski definition) is 4. The zero-order chi connectivity index (χ0) is 13.8. The number of rotatable bonds is 4. The highest BCUT2D eigenvalue weighted by Crippen LogP contribution is 2.14. The Morgan fingerprint density at radius 3 is 2.53 bits per heavy atom. The molecule has 19 heavy (non-hydrogen) atoms. The van der Waals surface area contributed by atoms with Crippen LogP contribution in [-0.4, -0.2) is 22.0 Å². The van der Waals surface area contributed by atoms with Gasteiger partial charge in [-0.1, -0.05) is 19.1 Å². The highest BCUT2D eigenvalue weighted by molar-refractivity contribution is 7.12. The third-order valence-corrected chi connectivity index (χ3v) is 3.38. The van der Waals surface area contributed by atoms with E-state index in [0.29, 0.717) is 5.69 Å². The van der Waals surface area contributed by atoms with Crippen molar-refractivity contribution in [3.8, 4) is 0 Å². The second-order valence-corrected chi connectivity index (χ2v) is 4.71. The number of amides is 1. The molecule has 0 saturated carbocycles. The SMILES string of the molecule is CCc1ccc(NC(=O)c2nc(C(=O)O)cs2)cc1. The van der Waals surface area contributed by atoms with E-state index >= 15 is 0 Å². The van der Waals surface area contributed by atoms with Crippen LogP contribution in [0.15, 0.2) is 29.6 Å². The van der Waals surface area contributed by atoms with Crippen LogP contribution in [0.4, 0.5) is 5.69 Å². The third kappa shape index (κ3) is 3.17. The van der Waals surface area contributed by atoms with Gasteiger partial charge in [-0.15, -0.1) is 11.3 Å². The predicted molar refractivity (Wildman–Crippen MR) is 72.8 cm³/mol. The van der Waals surface area contributed by atoms with Gasteiger partial charge in [0.25, 0.3) is 5.91 Å². The highest BCUT2D eigenvalue weighted by atomic mass is 32.1. The van der Waals surface area contributed by atoms with E-state index in [1.54, 1.807) is 0 Å². The lowest BCUT2D eigenvalue weighted by Gasteiger charge is -2.03. The number of thiazole rings is 1. The normalized spacial score (nSPS) is 10.2. The summed E-state index contributed by atoms with van der Waals surface area (Å²) >= 11 is 1.01. The van der Waals surface area contributed by atoms with Gasteiger partial charge in [-0.05, 0) is 24.1 Å². The summed E-state index contributed by atoms with van der Waals surface area (Å²) < 4.78 is 0. The van der Waals surface area contributed by atoms with E-state index in [-0.39, 0.29) is 10.7 Å². The van der Waals surface area contributed by atoms with Crippen LogP contribution >= 0.6 is 11.3 Å². The Morgan fingerprint density at radius 1 is 1.32 bits per heavy atom. The number of hydrogen-bond donors (Lipinski definition) is 2. The molecule has 0 spiro atoms. The summed E-state index contributed by atoms with van der Waals surface area (Å²) in [6.07, 6.45) is 0.933. The van der Waals surface area contributed by atoms with Crippen molar-refractivity contribution >= 4 is 28.9 Å². The van der Waals surface area contributed by atoms with Gasteiger partial charge in [-0.2, -0.15) is 0 Å². The van der Waals surface area contributed by atoms with Crippen LogP contribution in [0.2, 0.25) is 0 Å². The molecule has 0 atom stereocenters. The van der Waals surface area contributed by atoms with E-state index in [4.69, 9.17) is 5.11 Å². The number of aromatic carboxylic acids is 1. The van der Waals surface area contributed by atoms with Crippen LogP contribution in [0.25, 0.3) is 0 Å². The average Bonchev–Trinajstić information content (AvgIpc) is 2.89. The summed E-state index contributed by atoms with van der Waals surface area (Å²) in [5, 5.41) is 12.9. The molecule has 0 bridgehead atoms. The first kappa shape index (κ1) is 13.2. The molecule has 1 heterocycles. The first-order valence-corrected chi connectivity index (χ1v) is 6.57. The Bertz CT molecular complexity index is 605. The molecule has 1 amide bonds. The van der Waals surface area contributed by atoms with Gasteiger partial charge in [0.15, 0.2) is 10.7 Å². The van der Waals surface area contributed by atoms with Crippen LogP contribution in [-0.2, 0) is 6.42 Å². The van der Waals surface area contributed by atoms with Crippen LogP contribution in [0, 0.1) is 0 Å². The molecule has 2 aromatic rings. The first-order valence-electron chi connectivity index (χ1n) is 5.69. The highest BCUT2D eigenvalue weighted by Gasteiger charge is 2.14. The van der Waals surface area contributed by atoms with Gasteiger partial charge < -0.3 is 10.4 Å². The molecule has 0 aliphatic rings. The van der Waals surface area contributed by atoms with Crippen molar-refractivity contribution < 1.29 is 14.7 Å². The molecule has 5 nitrogen and oxygen atoms in total. The topological polar surface area (TPSA) is 79.3 Å². The lowest BCUT2D eigenvalue weighted by Crippen LogP contribution is -2.12. The minimum Gasteiger partial charge on any atom is -0.476 e. The monoisotopic (exact) mass is 276 g/mol. The Kier molecular flexibility index (Phi) is 3.91. The Labute approximate surface area is 113 Å². The van der Waals surface area contributed by atoms with Crippen molar-refractivity contribution in [3.05, 3.63) is 45.9 Å². The van der Waals surface area contributed by atoms with E-state index in [0.717, 1.165) is 17.8 Å². The second kappa shape index (κ2) is 5.62. The van der Waals surface area contributed by atoms with E-state index in [9.17, 15) is 9.59 Å². The van der Waals surface area contributed by atoms with Crippen molar-refractivity contribution in [1.29, 1.82) is 0 Å². The first-order chi connectivity index (χ1) is 9.10. The van der Waals surface area contributed by atoms with E-state index < -0.39 is 11.9 Å². The van der Waals surface area contributed by atoms with Crippen molar-refractivity contribution in [1.82, 2.24) is 4.98 Å². The number of aromatic nitrogens is 1. The standard InChI is InChI=1S/C13H12N2O3S/c1-2-8-3-5-9(6-4-8)14-11(16)12-15-10(7-19-12)13(17)18/h3-7H,2H2,1H3,(H,14,16)(H,17,18). The van der Waals surface area contributed by atoms with E-state index in [2.05, 4.69) is 17.2 Å². The van der Waals surface area contributed by atoms with Gasteiger partial charge in [0, 0.05) is 11.1 Å². The summed E-state index contributed by atoms with van der Waals surface area (Å²) in [5.41, 5.74) is 1.73. The molecule has 0 unspecified atom stereocenters. The molecule has 0 radical (unpaired) electrons. The molecule has 0 aliphatic heterocycles. The van der Waals surface area contributed by atoms with Gasteiger partial charge in [0.05, 0.1) is 0 Å². The average molecular weight is 276 g/mol. The van der Waals surface area contributed by atoms with Crippen LogP contribution < -0.4 is 5.32 Å². The summed E-state index contributed by atoms with van der Waals surface area (Å²) in [4.78, 5) is 26.3. The van der Waals surface area contributed by atoms with Crippen molar-refractivity contribution in [3.63, 3.8) is 0 Å². The van der Waals surface area contributed by atoms with Crippen molar-refractivity contribution in [2.24, 2.45) is 0 Å². The summed E-state index contributed by atoms with van der Waals surface area (Å²) in [7, 11) is 0. The van der Waals surface area contributed by atoms with Crippen molar-refractivity contribution in [2.75, 3.05) is 5.32 Å². The summed E-state index contributed by atoms with van der Waals surface area (Å²) in [5.74, 6) is -1.54. The van der Waals surface area contributed by atoms with E-state index in [1.807, 2.05) is 24.3 Å². The minimum atomic E-state index is -1.14. The zero-order valence-corrected chi connectivity index (χ0v) is 11.0. The fraction of sp³-hybridized carbons (Fsp3) is 0.154. The molecule has 1 aromatic heterocycles. The molecule has 98 valence electrons. The number of nitrogens with one attached hydrogen (secondary N) is 1. The van der Waals surface area contributed by atoms with Crippen LogP contribution in [0.3, 0.4) is 0 Å². The quantitative estimate of drug-likeness (QED) is 0.899. The molecule has 2 N–H and O–H groups in total. The third-order valence-electron chi connectivity index (χ3n) is 2.54. The van der Waals surface area contributed by atoms with Gasteiger partial charge in [-0.25, -0.2) is 9.78 Å². The largest absolute Gasteiger partial charge is 0.476 e. The van der Waals surface area contributed by atoms with Crippen molar-refractivity contribution in [2.45, 2.75) is 13.3 Å². The smallest absolute Gasteiger partial charge is 0.355 e. The summed E-state index contributed by atoms with van der Waals surface area (Å²) in [6, 6.07) is 7.48. The maximum Gasteiger partial charge on any atom is 0.355 e. The fourth-order valence-corrected chi connectivity index (χ4v) is 2.17. The molecular formula is C13H12N2O3S. The fourth-order valence-electron chi connectivity index (χ4n) is 1.48. The maximum absolute atomic E-state index is 11.8.